The number of hydrogen-bond donors (Lipinski definition) is 1. The maximum Gasteiger partial charge on any atom is 0.336 e. The predicted octanol–water partition coefficient (Wildman–Crippen LogP) is -0.325. The van der Waals surface area contributed by atoms with Gasteiger partial charge in [0.05, 0.1) is 13.2 Å². The molecule has 1 rings (SSSR count). The lowest BCUT2D eigenvalue weighted by Gasteiger charge is -1.96. The number of rotatable bonds is 1. The lowest BCUT2D eigenvalue weighted by atomic mass is 10.6. The molecule has 1 heterocycles. The molecule has 0 spiro atoms. The molecule has 0 aromatic heterocycles. The number of carbonyl (C=O) groups excluding carboxylic acids is 1. The van der Waals surface area contributed by atoms with Crippen LogP contribution >= 0.6 is 0 Å². The van der Waals surface area contributed by atoms with Crippen LogP contribution < -0.4 is 5.32 Å². The van der Waals surface area contributed by atoms with E-state index in [0.717, 1.165) is 6.08 Å². The fourth-order valence-electron chi connectivity index (χ4n) is 0.589. The van der Waals surface area contributed by atoms with E-state index in [-0.39, 0.29) is 0 Å². The van der Waals surface area contributed by atoms with Crippen molar-refractivity contribution >= 4 is 11.9 Å². The van der Waals surface area contributed by atoms with Gasteiger partial charge in [0.25, 0.3) is 0 Å². The summed E-state index contributed by atoms with van der Waals surface area (Å²) in [6.45, 7) is 4.31. The largest absolute Gasteiger partial charge is 0.407 e. The van der Waals surface area contributed by atoms with Gasteiger partial charge in [-0.1, -0.05) is 6.58 Å². The number of ether oxygens (including phenoxy) is 1. The minimum Gasteiger partial charge on any atom is -0.407 e. The number of carbonyl (C=O) groups is 1. The number of nitrogens with one attached hydrogen (secondary N) is 1. The van der Waals surface area contributed by atoms with Crippen molar-refractivity contribution in [2.75, 3.05) is 13.2 Å². The summed E-state index contributed by atoms with van der Waals surface area (Å²) in [6, 6.07) is 0. The zero-order chi connectivity index (χ0) is 7.40. The highest BCUT2D eigenvalue weighted by Gasteiger charge is 2.08. The Bertz CT molecular complexity index is 186. The second-order valence-electron chi connectivity index (χ2n) is 1.76. The molecule has 1 N–H and O–H groups in total. The summed E-state index contributed by atoms with van der Waals surface area (Å²) in [4.78, 5) is 14.4. The van der Waals surface area contributed by atoms with E-state index in [1.807, 2.05) is 0 Å². The van der Waals surface area contributed by atoms with Crippen LogP contribution in [0.5, 0.6) is 0 Å². The van der Waals surface area contributed by atoms with Crippen molar-refractivity contribution < 1.29 is 9.53 Å². The second-order valence-corrected chi connectivity index (χ2v) is 1.76. The minimum absolute atomic E-state index is 0.435. The van der Waals surface area contributed by atoms with Crippen molar-refractivity contribution in [2.45, 2.75) is 0 Å². The van der Waals surface area contributed by atoms with Crippen LogP contribution in [0.15, 0.2) is 17.6 Å². The standard InChI is InChI=1S/C6H8N2O2/c1-2-6(9)10-5-3-7-4-8-5/h2,7H,1,3-4H2. The van der Waals surface area contributed by atoms with Gasteiger partial charge in [-0.2, -0.15) is 0 Å². The first-order valence-corrected chi connectivity index (χ1v) is 2.91. The van der Waals surface area contributed by atoms with Crippen LogP contribution in [0.1, 0.15) is 0 Å². The molecule has 0 aliphatic carbocycles. The Morgan fingerprint density at radius 2 is 2.70 bits per heavy atom. The summed E-state index contributed by atoms with van der Waals surface area (Å²) in [5.74, 6) is -0.0210. The fourth-order valence-corrected chi connectivity index (χ4v) is 0.589. The molecule has 0 amide bonds. The Morgan fingerprint density at radius 1 is 1.90 bits per heavy atom. The van der Waals surface area contributed by atoms with Crippen LogP contribution in [0.3, 0.4) is 0 Å². The lowest BCUT2D eigenvalue weighted by molar-refractivity contribution is -0.130. The van der Waals surface area contributed by atoms with Crippen LogP contribution in [0.25, 0.3) is 0 Å². The Kier molecular flexibility index (Phi) is 2.17. The van der Waals surface area contributed by atoms with Gasteiger partial charge >= 0.3 is 5.97 Å². The molecule has 1 aliphatic rings. The molecule has 0 atom stereocenters. The van der Waals surface area contributed by atoms with Crippen molar-refractivity contribution in [3.8, 4) is 0 Å². The van der Waals surface area contributed by atoms with Gasteiger partial charge in [0.2, 0.25) is 5.90 Å². The number of nitrogens with zero attached hydrogens (tertiary/aromatic N) is 1. The zero-order valence-corrected chi connectivity index (χ0v) is 5.46. The molecule has 0 saturated carbocycles. The van der Waals surface area contributed by atoms with Gasteiger partial charge in [0.15, 0.2) is 0 Å². The molecule has 4 heteroatoms. The fraction of sp³-hybridized carbons (Fsp3) is 0.333. The normalized spacial score (nSPS) is 16.2. The molecule has 0 fully saturated rings. The molecule has 0 aromatic rings. The van der Waals surface area contributed by atoms with Gasteiger partial charge < -0.3 is 4.74 Å². The van der Waals surface area contributed by atoms with E-state index in [1.54, 1.807) is 0 Å². The van der Waals surface area contributed by atoms with E-state index in [9.17, 15) is 4.79 Å². The van der Waals surface area contributed by atoms with Crippen molar-refractivity contribution in [3.05, 3.63) is 12.7 Å². The number of esters is 1. The minimum atomic E-state index is -0.456. The zero-order valence-electron chi connectivity index (χ0n) is 5.46. The molecule has 0 saturated heterocycles. The van der Waals surface area contributed by atoms with Crippen LogP contribution in [0.4, 0.5) is 0 Å². The Hall–Kier alpha value is -1.16. The molecule has 54 valence electrons. The monoisotopic (exact) mass is 140 g/mol. The number of hydrogen-bond acceptors (Lipinski definition) is 4. The van der Waals surface area contributed by atoms with Crippen LogP contribution in [0.2, 0.25) is 0 Å². The van der Waals surface area contributed by atoms with Crippen molar-refractivity contribution in [2.24, 2.45) is 4.99 Å². The van der Waals surface area contributed by atoms with E-state index in [4.69, 9.17) is 4.74 Å². The van der Waals surface area contributed by atoms with E-state index < -0.39 is 5.97 Å². The summed E-state index contributed by atoms with van der Waals surface area (Å²) in [5, 5.41) is 2.89. The lowest BCUT2D eigenvalue weighted by Crippen LogP contribution is -2.17. The van der Waals surface area contributed by atoms with Gasteiger partial charge in [0.1, 0.15) is 0 Å². The summed E-state index contributed by atoms with van der Waals surface area (Å²) < 4.78 is 4.69. The molecule has 1 aliphatic heterocycles. The maximum atomic E-state index is 10.5. The first kappa shape index (κ1) is 6.95. The first-order valence-electron chi connectivity index (χ1n) is 2.91. The highest BCUT2D eigenvalue weighted by Crippen LogP contribution is 1.89. The van der Waals surface area contributed by atoms with Gasteiger partial charge in [0, 0.05) is 6.08 Å². The Balaban J connectivity index is 2.37. The van der Waals surface area contributed by atoms with E-state index in [1.165, 1.54) is 0 Å². The SMILES string of the molecule is C=CC(=O)OC1=NCNC1. The summed E-state index contributed by atoms with van der Waals surface area (Å²) in [6.07, 6.45) is 1.11. The predicted molar refractivity (Wildman–Crippen MR) is 36.6 cm³/mol. The smallest absolute Gasteiger partial charge is 0.336 e. The number of aliphatic imine (C=N–C) groups is 1. The maximum absolute atomic E-state index is 10.5. The molecule has 0 unspecified atom stereocenters. The third-order valence-corrected chi connectivity index (χ3v) is 1.03. The van der Waals surface area contributed by atoms with Gasteiger partial charge in [-0.3, -0.25) is 5.32 Å². The Morgan fingerprint density at radius 3 is 3.20 bits per heavy atom. The third-order valence-electron chi connectivity index (χ3n) is 1.03. The highest BCUT2D eigenvalue weighted by molar-refractivity contribution is 5.95. The second kappa shape index (κ2) is 3.12. The summed E-state index contributed by atoms with van der Waals surface area (Å²) in [5.41, 5.74) is 0. The van der Waals surface area contributed by atoms with Crippen LogP contribution in [0, 0.1) is 0 Å². The molecular weight excluding hydrogens is 132 g/mol. The summed E-state index contributed by atoms with van der Waals surface area (Å²) >= 11 is 0. The highest BCUT2D eigenvalue weighted by atomic mass is 16.5. The van der Waals surface area contributed by atoms with E-state index >= 15 is 0 Å². The van der Waals surface area contributed by atoms with Crippen molar-refractivity contribution in [1.29, 1.82) is 0 Å². The molecule has 0 radical (unpaired) electrons. The van der Waals surface area contributed by atoms with Crippen molar-refractivity contribution in [1.82, 2.24) is 5.32 Å². The van der Waals surface area contributed by atoms with E-state index in [2.05, 4.69) is 16.9 Å². The third kappa shape index (κ3) is 1.66. The van der Waals surface area contributed by atoms with Crippen LogP contribution in [-0.4, -0.2) is 25.1 Å². The van der Waals surface area contributed by atoms with Gasteiger partial charge in [-0.15, -0.1) is 0 Å². The quantitative estimate of drug-likeness (QED) is 0.401. The molecule has 10 heavy (non-hydrogen) atoms. The van der Waals surface area contributed by atoms with Crippen molar-refractivity contribution in [3.63, 3.8) is 0 Å². The topological polar surface area (TPSA) is 50.7 Å². The average Bonchev–Trinajstić information content (AvgIpc) is 2.40. The van der Waals surface area contributed by atoms with E-state index in [0.29, 0.717) is 19.1 Å². The first-order chi connectivity index (χ1) is 4.83. The Labute approximate surface area is 58.6 Å². The molecule has 0 aromatic carbocycles. The van der Waals surface area contributed by atoms with Crippen LogP contribution in [-0.2, 0) is 9.53 Å². The summed E-state index contributed by atoms with van der Waals surface area (Å²) in [7, 11) is 0. The molecule has 0 bridgehead atoms. The van der Waals surface area contributed by atoms with Gasteiger partial charge in [-0.05, 0) is 0 Å². The molecule has 4 nitrogen and oxygen atoms in total. The molecular formula is C6H8N2O2. The average molecular weight is 140 g/mol. The van der Waals surface area contributed by atoms with Gasteiger partial charge in [-0.25, -0.2) is 9.79 Å².